The molecule has 0 aliphatic rings. The molecule has 0 aliphatic carbocycles. The van der Waals surface area contributed by atoms with E-state index in [9.17, 15) is 9.36 Å². The van der Waals surface area contributed by atoms with Gasteiger partial charge in [0.05, 0.1) is 5.56 Å². The Balaban J connectivity index is 1.90. The van der Waals surface area contributed by atoms with Crippen LogP contribution in [0.25, 0.3) is 0 Å². The Morgan fingerprint density at radius 1 is 0.957 bits per heavy atom. The van der Waals surface area contributed by atoms with Gasteiger partial charge in [0, 0.05) is 0 Å². The molecule has 120 valence electrons. The molecule has 0 spiro atoms. The third kappa shape index (κ3) is 4.84. The Kier molecular flexibility index (Phi) is 6.24. The first-order chi connectivity index (χ1) is 11.0. The molecule has 0 heterocycles. The molecule has 0 bridgehead atoms. The predicted octanol–water partition coefficient (Wildman–Crippen LogP) is 5.60. The quantitative estimate of drug-likeness (QED) is 0.490. The maximum absolute atomic E-state index is 12.5. The summed E-state index contributed by atoms with van der Waals surface area (Å²) in [6.45, 7) is 5.86. The lowest BCUT2D eigenvalue weighted by atomic mass is 10.0. The molecule has 3 heteroatoms. The van der Waals surface area contributed by atoms with Crippen LogP contribution in [0.3, 0.4) is 0 Å². The van der Waals surface area contributed by atoms with Gasteiger partial charge in [-0.2, -0.15) is 0 Å². The first-order valence-electron chi connectivity index (χ1n) is 8.10. The van der Waals surface area contributed by atoms with Crippen molar-refractivity contribution in [1.29, 1.82) is 0 Å². The summed E-state index contributed by atoms with van der Waals surface area (Å²) in [6, 6.07) is 14.2. The summed E-state index contributed by atoms with van der Waals surface area (Å²) >= 11 is 0. The third-order valence-electron chi connectivity index (χ3n) is 4.04. The van der Waals surface area contributed by atoms with Crippen LogP contribution in [-0.4, -0.2) is 11.7 Å². The standard InChI is InChI=1S/C20H24O2P/c1-15-13-16(2)19(17(3)14-15)20(21)23(22)12-8-7-11-18-9-5-4-6-10-18/h4-6,9-10,13-14H,7-8,11-12H2,1-3H3/q+1. The summed E-state index contributed by atoms with van der Waals surface area (Å²) < 4.78 is 12.3. The van der Waals surface area contributed by atoms with Crippen LogP contribution in [0.15, 0.2) is 42.5 Å². The second kappa shape index (κ2) is 8.17. The number of unbranched alkanes of at least 4 members (excludes halogenated alkanes) is 1. The third-order valence-corrected chi connectivity index (χ3v) is 5.44. The molecule has 0 N–H and O–H groups in total. The van der Waals surface area contributed by atoms with Gasteiger partial charge in [-0.1, -0.05) is 52.6 Å². The molecule has 0 saturated carbocycles. The lowest BCUT2D eigenvalue weighted by molar-refractivity contribution is 0.107. The molecule has 1 atom stereocenters. The highest BCUT2D eigenvalue weighted by Crippen LogP contribution is 2.32. The normalized spacial score (nSPS) is 11.3. The number of hydrogen-bond acceptors (Lipinski definition) is 2. The van der Waals surface area contributed by atoms with Gasteiger partial charge in [-0.05, 0) is 56.7 Å². The van der Waals surface area contributed by atoms with Gasteiger partial charge in [0.1, 0.15) is 0 Å². The molecule has 2 aromatic rings. The maximum atomic E-state index is 12.5. The van der Waals surface area contributed by atoms with Crippen LogP contribution in [0.1, 0.15) is 45.5 Å². The molecule has 0 aromatic heterocycles. The fourth-order valence-electron chi connectivity index (χ4n) is 2.97. The van der Waals surface area contributed by atoms with E-state index in [4.69, 9.17) is 0 Å². The molecule has 0 aliphatic heterocycles. The summed E-state index contributed by atoms with van der Waals surface area (Å²) in [5.41, 5.74) is 4.75. The average Bonchev–Trinajstić information content (AvgIpc) is 2.51. The number of aryl methyl sites for hydroxylation is 4. The molecule has 2 nitrogen and oxygen atoms in total. The van der Waals surface area contributed by atoms with E-state index in [0.29, 0.717) is 11.7 Å². The monoisotopic (exact) mass is 327 g/mol. The van der Waals surface area contributed by atoms with Crippen molar-refractivity contribution < 1.29 is 9.36 Å². The van der Waals surface area contributed by atoms with E-state index >= 15 is 0 Å². The highest BCUT2D eigenvalue weighted by molar-refractivity contribution is 7.64. The van der Waals surface area contributed by atoms with Gasteiger partial charge >= 0.3 is 13.3 Å². The summed E-state index contributed by atoms with van der Waals surface area (Å²) in [4.78, 5) is 12.5. The van der Waals surface area contributed by atoms with E-state index in [2.05, 4.69) is 12.1 Å². The minimum Gasteiger partial charge on any atom is -0.234 e. The van der Waals surface area contributed by atoms with Gasteiger partial charge in [-0.25, -0.2) is 4.79 Å². The Labute approximate surface area is 139 Å². The van der Waals surface area contributed by atoms with Crippen LogP contribution in [0, 0.1) is 20.8 Å². The lowest BCUT2D eigenvalue weighted by Crippen LogP contribution is -2.03. The van der Waals surface area contributed by atoms with Crippen molar-refractivity contribution in [2.75, 3.05) is 6.16 Å². The van der Waals surface area contributed by atoms with Crippen molar-refractivity contribution in [1.82, 2.24) is 0 Å². The van der Waals surface area contributed by atoms with Crippen molar-refractivity contribution in [3.05, 3.63) is 70.3 Å². The van der Waals surface area contributed by atoms with E-state index < -0.39 is 7.80 Å². The second-order valence-corrected chi connectivity index (χ2v) is 7.73. The van der Waals surface area contributed by atoms with E-state index in [1.807, 2.05) is 51.1 Å². The summed E-state index contributed by atoms with van der Waals surface area (Å²) in [5.74, 6) is 0. The molecule has 0 fully saturated rings. The van der Waals surface area contributed by atoms with Gasteiger partial charge in [0.2, 0.25) is 0 Å². The number of benzene rings is 2. The van der Waals surface area contributed by atoms with Crippen LogP contribution >= 0.6 is 7.80 Å². The van der Waals surface area contributed by atoms with Crippen molar-refractivity contribution in [3.63, 3.8) is 0 Å². The molecule has 23 heavy (non-hydrogen) atoms. The molecular weight excluding hydrogens is 303 g/mol. The fraction of sp³-hybridized carbons (Fsp3) is 0.350. The van der Waals surface area contributed by atoms with E-state index in [0.717, 1.165) is 36.0 Å². The number of rotatable bonds is 7. The predicted molar refractivity (Wildman–Crippen MR) is 96.8 cm³/mol. The topological polar surface area (TPSA) is 34.1 Å². The van der Waals surface area contributed by atoms with E-state index in [1.54, 1.807) is 0 Å². The molecule has 2 rings (SSSR count). The molecule has 0 radical (unpaired) electrons. The molecular formula is C20H24O2P+. The van der Waals surface area contributed by atoms with E-state index in [-0.39, 0.29) is 5.52 Å². The van der Waals surface area contributed by atoms with Crippen LogP contribution in [0.4, 0.5) is 0 Å². The Bertz CT molecular complexity index is 682. The first-order valence-corrected chi connectivity index (χ1v) is 9.54. The minimum atomic E-state index is -1.83. The van der Waals surface area contributed by atoms with Crippen molar-refractivity contribution in [2.24, 2.45) is 0 Å². The number of carbonyl (C=O) groups is 1. The van der Waals surface area contributed by atoms with Gasteiger partial charge in [0.15, 0.2) is 6.16 Å². The Morgan fingerprint density at radius 3 is 2.17 bits per heavy atom. The zero-order valence-electron chi connectivity index (χ0n) is 14.1. The maximum Gasteiger partial charge on any atom is 0.420 e. The summed E-state index contributed by atoms with van der Waals surface area (Å²) in [5, 5.41) is 0. The van der Waals surface area contributed by atoms with Crippen LogP contribution in [0.5, 0.6) is 0 Å². The van der Waals surface area contributed by atoms with Gasteiger partial charge in [-0.3, -0.25) is 0 Å². The molecule has 0 saturated heterocycles. The molecule has 1 unspecified atom stereocenters. The Hall–Kier alpha value is -1.79. The van der Waals surface area contributed by atoms with Crippen LogP contribution in [-0.2, 0) is 11.0 Å². The van der Waals surface area contributed by atoms with Crippen LogP contribution in [0.2, 0.25) is 0 Å². The smallest absolute Gasteiger partial charge is 0.234 e. The van der Waals surface area contributed by atoms with Crippen molar-refractivity contribution in [2.45, 2.75) is 40.0 Å². The Morgan fingerprint density at radius 2 is 1.57 bits per heavy atom. The second-order valence-electron chi connectivity index (χ2n) is 6.12. The van der Waals surface area contributed by atoms with Crippen molar-refractivity contribution in [3.8, 4) is 0 Å². The van der Waals surface area contributed by atoms with Crippen LogP contribution < -0.4 is 0 Å². The summed E-state index contributed by atoms with van der Waals surface area (Å²) in [7, 11) is -1.83. The SMILES string of the molecule is Cc1cc(C)c(C(=O)[P+](=O)CCCCc2ccccc2)c(C)c1. The highest BCUT2D eigenvalue weighted by atomic mass is 31.1. The van der Waals surface area contributed by atoms with Crippen molar-refractivity contribution >= 4 is 13.3 Å². The number of hydrogen-bond donors (Lipinski definition) is 0. The minimum absolute atomic E-state index is 0.185. The summed E-state index contributed by atoms with van der Waals surface area (Å²) in [6.07, 6.45) is 3.23. The zero-order valence-corrected chi connectivity index (χ0v) is 15.0. The van der Waals surface area contributed by atoms with Gasteiger partial charge in [-0.15, -0.1) is 0 Å². The largest absolute Gasteiger partial charge is 0.420 e. The molecule has 0 amide bonds. The number of carbonyl (C=O) groups excluding carboxylic acids is 1. The fourth-order valence-corrected chi connectivity index (χ4v) is 4.29. The first kappa shape index (κ1) is 17.6. The average molecular weight is 327 g/mol. The lowest BCUT2D eigenvalue weighted by Gasteiger charge is -2.05. The van der Waals surface area contributed by atoms with E-state index in [1.165, 1.54) is 5.56 Å². The van der Waals surface area contributed by atoms with Gasteiger partial charge in [0.25, 0.3) is 0 Å². The highest BCUT2D eigenvalue weighted by Gasteiger charge is 2.31. The zero-order chi connectivity index (χ0) is 16.8. The van der Waals surface area contributed by atoms with Gasteiger partial charge < -0.3 is 0 Å². The molecule has 2 aromatic carbocycles.